The molecule has 0 heterocycles. The van der Waals surface area contributed by atoms with Crippen molar-refractivity contribution < 1.29 is 14.3 Å². The first-order valence-electron chi connectivity index (χ1n) is 6.45. The van der Waals surface area contributed by atoms with Gasteiger partial charge in [0.1, 0.15) is 5.75 Å². The zero-order valence-corrected chi connectivity index (χ0v) is 13.7. The second-order valence-electron chi connectivity index (χ2n) is 4.38. The predicted molar refractivity (Wildman–Crippen MR) is 84.3 cm³/mol. The Kier molecular flexibility index (Phi) is 6.87. The minimum Gasteiger partial charge on any atom is -0.496 e. The molecule has 2 N–H and O–H groups in total. The molecule has 0 fully saturated rings. The summed E-state index contributed by atoms with van der Waals surface area (Å²) in [6.45, 7) is 3.74. The van der Waals surface area contributed by atoms with Crippen molar-refractivity contribution in [3.05, 3.63) is 28.2 Å². The first-order chi connectivity index (χ1) is 9.97. The van der Waals surface area contributed by atoms with Crippen LogP contribution in [0.2, 0.25) is 0 Å². The van der Waals surface area contributed by atoms with Gasteiger partial charge in [-0.2, -0.15) is 5.10 Å². The van der Waals surface area contributed by atoms with Gasteiger partial charge in [0.2, 0.25) is 0 Å². The van der Waals surface area contributed by atoms with Gasteiger partial charge in [0, 0.05) is 6.04 Å². The van der Waals surface area contributed by atoms with Crippen LogP contribution in [0, 0.1) is 0 Å². The van der Waals surface area contributed by atoms with E-state index in [0.29, 0.717) is 5.75 Å². The van der Waals surface area contributed by atoms with Gasteiger partial charge in [-0.05, 0) is 53.0 Å². The number of halogens is 1. The number of hydrazone groups is 1. The van der Waals surface area contributed by atoms with Crippen LogP contribution in [0.1, 0.15) is 25.8 Å². The summed E-state index contributed by atoms with van der Waals surface area (Å²) < 4.78 is 5.88. The lowest BCUT2D eigenvalue weighted by atomic mass is 10.2. The SMILES string of the molecule is CC[C@@H](C)NC(=O)C(=O)N/N=C\c1ccc(OC)c(Br)c1. The van der Waals surface area contributed by atoms with Crippen LogP contribution in [0.3, 0.4) is 0 Å². The first kappa shape index (κ1) is 17.2. The lowest BCUT2D eigenvalue weighted by molar-refractivity contribution is -0.139. The Hall–Kier alpha value is -1.89. The van der Waals surface area contributed by atoms with E-state index < -0.39 is 11.8 Å². The summed E-state index contributed by atoms with van der Waals surface area (Å²) in [5, 5.41) is 6.30. The Balaban J connectivity index is 2.56. The summed E-state index contributed by atoms with van der Waals surface area (Å²) in [4.78, 5) is 23.0. The summed E-state index contributed by atoms with van der Waals surface area (Å²) in [6, 6.07) is 5.28. The topological polar surface area (TPSA) is 79.8 Å². The van der Waals surface area contributed by atoms with Gasteiger partial charge in [0.15, 0.2) is 0 Å². The van der Waals surface area contributed by atoms with Gasteiger partial charge in [-0.25, -0.2) is 5.43 Å². The van der Waals surface area contributed by atoms with Crippen molar-refractivity contribution in [2.75, 3.05) is 7.11 Å². The van der Waals surface area contributed by atoms with E-state index in [1.165, 1.54) is 6.21 Å². The summed E-state index contributed by atoms with van der Waals surface area (Å²) in [5.41, 5.74) is 2.94. The van der Waals surface area contributed by atoms with Gasteiger partial charge >= 0.3 is 11.8 Å². The van der Waals surface area contributed by atoms with E-state index >= 15 is 0 Å². The maximum absolute atomic E-state index is 11.5. The fraction of sp³-hybridized carbons (Fsp3) is 0.357. The Morgan fingerprint density at radius 3 is 2.71 bits per heavy atom. The van der Waals surface area contributed by atoms with Crippen molar-refractivity contribution in [2.24, 2.45) is 5.10 Å². The van der Waals surface area contributed by atoms with Crippen LogP contribution >= 0.6 is 15.9 Å². The fourth-order valence-electron chi connectivity index (χ4n) is 1.37. The molecule has 0 aromatic heterocycles. The van der Waals surface area contributed by atoms with E-state index in [0.717, 1.165) is 16.5 Å². The average Bonchev–Trinajstić information content (AvgIpc) is 2.47. The molecular weight excluding hydrogens is 338 g/mol. The Bertz CT molecular complexity index is 546. The van der Waals surface area contributed by atoms with Crippen molar-refractivity contribution in [2.45, 2.75) is 26.3 Å². The molecule has 6 nitrogen and oxygen atoms in total. The van der Waals surface area contributed by atoms with Gasteiger partial charge in [0.05, 0.1) is 17.8 Å². The number of methoxy groups -OCH3 is 1. The van der Waals surface area contributed by atoms with E-state index in [1.807, 2.05) is 13.8 Å². The van der Waals surface area contributed by atoms with E-state index in [9.17, 15) is 9.59 Å². The minimum atomic E-state index is -0.792. The lowest BCUT2D eigenvalue weighted by Gasteiger charge is -2.09. The molecule has 2 amide bonds. The van der Waals surface area contributed by atoms with E-state index in [4.69, 9.17) is 4.74 Å². The number of carbonyl (C=O) groups excluding carboxylic acids is 2. The molecular formula is C14H18BrN3O3. The zero-order valence-electron chi connectivity index (χ0n) is 12.1. The van der Waals surface area contributed by atoms with Crippen LogP contribution < -0.4 is 15.5 Å². The number of rotatable bonds is 5. The molecule has 0 bridgehead atoms. The highest BCUT2D eigenvalue weighted by molar-refractivity contribution is 9.10. The first-order valence-corrected chi connectivity index (χ1v) is 7.24. The van der Waals surface area contributed by atoms with Crippen LogP contribution in [-0.2, 0) is 9.59 Å². The second-order valence-corrected chi connectivity index (χ2v) is 5.23. The molecule has 0 aliphatic heterocycles. The van der Waals surface area contributed by atoms with Crippen molar-refractivity contribution in [3.63, 3.8) is 0 Å². The predicted octanol–water partition coefficient (Wildman–Crippen LogP) is 1.82. The normalized spacial score (nSPS) is 12.0. The summed E-state index contributed by atoms with van der Waals surface area (Å²) in [7, 11) is 1.57. The van der Waals surface area contributed by atoms with Crippen LogP contribution in [0.5, 0.6) is 5.75 Å². The molecule has 0 aliphatic rings. The van der Waals surface area contributed by atoms with Crippen LogP contribution in [0.4, 0.5) is 0 Å². The molecule has 0 saturated carbocycles. The molecule has 1 atom stereocenters. The molecule has 0 aliphatic carbocycles. The number of nitrogens with zero attached hydrogens (tertiary/aromatic N) is 1. The number of hydrogen-bond acceptors (Lipinski definition) is 4. The quantitative estimate of drug-likeness (QED) is 0.480. The zero-order chi connectivity index (χ0) is 15.8. The van der Waals surface area contributed by atoms with Gasteiger partial charge in [-0.15, -0.1) is 0 Å². The molecule has 0 radical (unpaired) electrons. The van der Waals surface area contributed by atoms with E-state index in [-0.39, 0.29) is 6.04 Å². The molecule has 0 unspecified atom stereocenters. The average molecular weight is 356 g/mol. The third-order valence-corrected chi connectivity index (χ3v) is 3.37. The number of benzene rings is 1. The smallest absolute Gasteiger partial charge is 0.329 e. The van der Waals surface area contributed by atoms with E-state index in [1.54, 1.807) is 25.3 Å². The summed E-state index contributed by atoms with van der Waals surface area (Å²) >= 11 is 3.35. The third-order valence-electron chi connectivity index (χ3n) is 2.75. The molecule has 1 aromatic carbocycles. The maximum Gasteiger partial charge on any atom is 0.329 e. The molecule has 114 valence electrons. The number of hydrogen-bond donors (Lipinski definition) is 2. The fourth-order valence-corrected chi connectivity index (χ4v) is 1.93. The van der Waals surface area contributed by atoms with Crippen LogP contribution in [-0.4, -0.2) is 31.2 Å². The van der Waals surface area contributed by atoms with Crippen LogP contribution in [0.15, 0.2) is 27.8 Å². The highest BCUT2D eigenvalue weighted by atomic mass is 79.9. The lowest BCUT2D eigenvalue weighted by Crippen LogP contribution is -2.41. The van der Waals surface area contributed by atoms with Gasteiger partial charge < -0.3 is 10.1 Å². The largest absolute Gasteiger partial charge is 0.496 e. The molecule has 1 aromatic rings. The van der Waals surface area contributed by atoms with E-state index in [2.05, 4.69) is 31.8 Å². The maximum atomic E-state index is 11.5. The van der Waals surface area contributed by atoms with Gasteiger partial charge in [-0.1, -0.05) is 6.92 Å². The number of amides is 2. The molecule has 0 saturated heterocycles. The monoisotopic (exact) mass is 355 g/mol. The Morgan fingerprint density at radius 1 is 1.43 bits per heavy atom. The Morgan fingerprint density at radius 2 is 2.14 bits per heavy atom. The molecule has 21 heavy (non-hydrogen) atoms. The molecule has 0 spiro atoms. The second kappa shape index (κ2) is 8.41. The molecule has 7 heteroatoms. The van der Waals surface area contributed by atoms with Crippen molar-refractivity contribution in [3.8, 4) is 5.75 Å². The van der Waals surface area contributed by atoms with Crippen molar-refractivity contribution >= 4 is 34.0 Å². The van der Waals surface area contributed by atoms with Crippen LogP contribution in [0.25, 0.3) is 0 Å². The van der Waals surface area contributed by atoms with Crippen molar-refractivity contribution in [1.82, 2.24) is 10.7 Å². The standard InChI is InChI=1S/C14H18BrN3O3/c1-4-9(2)17-13(19)14(20)18-16-8-10-5-6-12(21-3)11(15)7-10/h5-9H,4H2,1-3H3,(H,17,19)(H,18,20)/b16-8-/t9-/m1/s1. The number of carbonyl (C=O) groups is 2. The highest BCUT2D eigenvalue weighted by Crippen LogP contribution is 2.24. The third kappa shape index (κ3) is 5.55. The summed E-state index contributed by atoms with van der Waals surface area (Å²) in [6.07, 6.45) is 2.20. The van der Waals surface area contributed by atoms with Gasteiger partial charge in [-0.3, -0.25) is 9.59 Å². The van der Waals surface area contributed by atoms with Gasteiger partial charge in [0.25, 0.3) is 0 Å². The Labute approximate surface area is 132 Å². The van der Waals surface area contributed by atoms with Crippen molar-refractivity contribution in [1.29, 1.82) is 0 Å². The highest BCUT2D eigenvalue weighted by Gasteiger charge is 2.14. The minimum absolute atomic E-state index is 0.0511. The number of nitrogens with one attached hydrogen (secondary N) is 2. The summed E-state index contributed by atoms with van der Waals surface area (Å²) in [5.74, 6) is -0.791. The molecule has 1 rings (SSSR count). The number of ether oxygens (including phenoxy) is 1.